The van der Waals surface area contributed by atoms with Crippen LogP contribution in [0.3, 0.4) is 0 Å². The Hall–Kier alpha value is -3.49. The second-order valence-electron chi connectivity index (χ2n) is 7.48. The van der Waals surface area contributed by atoms with Gasteiger partial charge < -0.3 is 24.2 Å². The Morgan fingerprint density at radius 3 is 2.38 bits per heavy atom. The molecule has 1 atom stereocenters. The molecule has 7 nitrogen and oxygen atoms in total. The van der Waals surface area contributed by atoms with Crippen LogP contribution in [0.2, 0.25) is 5.02 Å². The summed E-state index contributed by atoms with van der Waals surface area (Å²) in [4.78, 5) is 28.5. The molecule has 34 heavy (non-hydrogen) atoms. The number of aliphatic hydroxyl groups excluding tert-OH is 1. The molecular weight excluding hydrogens is 478 g/mol. The molecule has 0 spiro atoms. The highest BCUT2D eigenvalue weighted by Crippen LogP contribution is 2.43. The van der Waals surface area contributed by atoms with Crippen molar-refractivity contribution in [2.45, 2.75) is 12.6 Å². The number of amides is 1. The van der Waals surface area contributed by atoms with Gasteiger partial charge in [0.1, 0.15) is 11.5 Å². The number of carbonyl (C=O) groups is 2. The average Bonchev–Trinajstić information content (AvgIpc) is 3.46. The largest absolute Gasteiger partial charge is 0.507 e. The van der Waals surface area contributed by atoms with Gasteiger partial charge in [-0.2, -0.15) is 0 Å². The first-order valence-corrected chi connectivity index (χ1v) is 11.5. The van der Waals surface area contributed by atoms with E-state index in [-0.39, 0.29) is 17.9 Å². The summed E-state index contributed by atoms with van der Waals surface area (Å²) in [5.74, 6) is -0.335. The molecule has 3 aromatic rings. The van der Waals surface area contributed by atoms with Crippen molar-refractivity contribution in [3.8, 4) is 17.2 Å². The number of nitrogens with zero attached hydrogens (tertiary/aromatic N) is 1. The summed E-state index contributed by atoms with van der Waals surface area (Å²) in [6, 6.07) is 12.9. The minimum atomic E-state index is -0.759. The van der Waals surface area contributed by atoms with Crippen molar-refractivity contribution in [1.82, 2.24) is 4.90 Å². The van der Waals surface area contributed by atoms with E-state index in [1.54, 1.807) is 37.4 Å². The number of rotatable bonds is 7. The number of ketones is 1. The van der Waals surface area contributed by atoms with E-state index < -0.39 is 17.7 Å². The number of halogens is 1. The first kappa shape index (κ1) is 23.7. The summed E-state index contributed by atoms with van der Waals surface area (Å²) < 4.78 is 15.9. The van der Waals surface area contributed by atoms with Crippen LogP contribution in [0.4, 0.5) is 0 Å². The highest BCUT2D eigenvalue weighted by Gasteiger charge is 2.46. The first-order valence-electron chi connectivity index (χ1n) is 10.3. The number of aliphatic hydroxyl groups is 1. The molecule has 2 aromatic carbocycles. The Bertz CT molecular complexity index is 1270. The second kappa shape index (κ2) is 9.79. The highest BCUT2D eigenvalue weighted by molar-refractivity contribution is 7.10. The lowest BCUT2D eigenvalue weighted by atomic mass is 9.99. The van der Waals surface area contributed by atoms with Gasteiger partial charge in [-0.15, -0.1) is 11.3 Å². The standard InChI is InChI=1S/C25H22ClNO6S/c1-31-17-9-6-14(11-19(17)33-3)13-27-22(20-5-4-10-34-20)21(24(29)25(27)30)23(28)15-7-8-16(26)18(12-15)32-2/h4-12,22,28H,13H2,1-3H3/b23-21-. The highest BCUT2D eigenvalue weighted by atomic mass is 35.5. The van der Waals surface area contributed by atoms with Crippen LogP contribution in [-0.2, 0) is 16.1 Å². The Balaban J connectivity index is 1.81. The van der Waals surface area contributed by atoms with E-state index in [0.29, 0.717) is 27.8 Å². The van der Waals surface area contributed by atoms with Crippen molar-refractivity contribution < 1.29 is 28.9 Å². The van der Waals surface area contributed by atoms with Gasteiger partial charge >= 0.3 is 0 Å². The molecule has 176 valence electrons. The topological polar surface area (TPSA) is 85.3 Å². The molecule has 2 heterocycles. The lowest BCUT2D eigenvalue weighted by molar-refractivity contribution is -0.140. The molecule has 0 saturated carbocycles. The minimum absolute atomic E-state index is 0.0114. The third-order valence-corrected chi connectivity index (χ3v) is 6.82. The maximum atomic E-state index is 13.2. The third-order valence-electron chi connectivity index (χ3n) is 5.58. The lowest BCUT2D eigenvalue weighted by Crippen LogP contribution is -2.28. The van der Waals surface area contributed by atoms with Gasteiger partial charge in [-0.25, -0.2) is 0 Å². The fourth-order valence-corrected chi connectivity index (χ4v) is 4.96. The summed E-state index contributed by atoms with van der Waals surface area (Å²) in [5.41, 5.74) is 1.08. The van der Waals surface area contributed by atoms with Crippen LogP contribution < -0.4 is 14.2 Å². The molecule has 0 radical (unpaired) electrons. The van der Waals surface area contributed by atoms with Crippen molar-refractivity contribution >= 4 is 40.4 Å². The fraction of sp³-hybridized carbons (Fsp3) is 0.200. The van der Waals surface area contributed by atoms with Crippen molar-refractivity contribution in [2.75, 3.05) is 21.3 Å². The lowest BCUT2D eigenvalue weighted by Gasteiger charge is -2.24. The number of benzene rings is 2. The summed E-state index contributed by atoms with van der Waals surface area (Å²) in [6.07, 6.45) is 0. The molecule has 1 aliphatic rings. The minimum Gasteiger partial charge on any atom is -0.507 e. The smallest absolute Gasteiger partial charge is 0.295 e. The van der Waals surface area contributed by atoms with Crippen LogP contribution in [0.25, 0.3) is 5.76 Å². The van der Waals surface area contributed by atoms with Crippen molar-refractivity contribution in [3.05, 3.63) is 80.5 Å². The zero-order chi connectivity index (χ0) is 24.4. The molecule has 1 aliphatic heterocycles. The van der Waals surface area contributed by atoms with Gasteiger partial charge in [0.05, 0.1) is 38.0 Å². The maximum Gasteiger partial charge on any atom is 0.295 e. The van der Waals surface area contributed by atoms with Gasteiger partial charge in [0, 0.05) is 17.0 Å². The molecule has 0 bridgehead atoms. The Labute approximate surface area is 205 Å². The maximum absolute atomic E-state index is 13.2. The second-order valence-corrected chi connectivity index (χ2v) is 8.87. The predicted octanol–water partition coefficient (Wildman–Crippen LogP) is 5.05. The van der Waals surface area contributed by atoms with Gasteiger partial charge in [0.2, 0.25) is 0 Å². The van der Waals surface area contributed by atoms with Crippen LogP contribution in [0, 0.1) is 0 Å². The fourth-order valence-electron chi connectivity index (χ4n) is 3.92. The molecule has 1 fully saturated rings. The summed E-state index contributed by atoms with van der Waals surface area (Å²) in [7, 11) is 4.53. The molecular formula is C25H22ClNO6S. The third kappa shape index (κ3) is 4.22. The molecule has 1 N–H and O–H groups in total. The van der Waals surface area contributed by atoms with Gasteiger partial charge in [0.15, 0.2) is 11.5 Å². The van der Waals surface area contributed by atoms with Crippen molar-refractivity contribution in [1.29, 1.82) is 0 Å². The number of likely N-dealkylation sites (tertiary alicyclic amines) is 1. The van der Waals surface area contributed by atoms with E-state index in [1.807, 2.05) is 17.5 Å². The van der Waals surface area contributed by atoms with Gasteiger partial charge in [-0.1, -0.05) is 23.7 Å². The van der Waals surface area contributed by atoms with E-state index in [0.717, 1.165) is 10.4 Å². The van der Waals surface area contributed by atoms with Crippen molar-refractivity contribution in [2.24, 2.45) is 0 Å². The molecule has 1 saturated heterocycles. The van der Waals surface area contributed by atoms with Crippen molar-refractivity contribution in [3.63, 3.8) is 0 Å². The molecule has 4 rings (SSSR count). The van der Waals surface area contributed by atoms with Crippen LogP contribution in [0.1, 0.15) is 22.0 Å². The predicted molar refractivity (Wildman–Crippen MR) is 130 cm³/mol. The van der Waals surface area contributed by atoms with E-state index in [2.05, 4.69) is 0 Å². The molecule has 9 heteroatoms. The van der Waals surface area contributed by atoms with E-state index in [4.69, 9.17) is 25.8 Å². The first-order chi connectivity index (χ1) is 16.4. The number of methoxy groups -OCH3 is 3. The molecule has 1 unspecified atom stereocenters. The van der Waals surface area contributed by atoms with Gasteiger partial charge in [-0.3, -0.25) is 9.59 Å². The number of carbonyl (C=O) groups excluding carboxylic acids is 2. The van der Waals surface area contributed by atoms with E-state index >= 15 is 0 Å². The van der Waals surface area contributed by atoms with Crippen LogP contribution in [-0.4, -0.2) is 43.0 Å². The summed E-state index contributed by atoms with van der Waals surface area (Å²) in [5, 5.41) is 13.4. The monoisotopic (exact) mass is 499 g/mol. The number of hydrogen-bond donors (Lipinski definition) is 1. The Morgan fingerprint density at radius 2 is 1.74 bits per heavy atom. The molecule has 1 amide bonds. The average molecular weight is 500 g/mol. The Kier molecular flexibility index (Phi) is 6.81. The van der Waals surface area contributed by atoms with E-state index in [1.165, 1.54) is 36.5 Å². The van der Waals surface area contributed by atoms with Crippen LogP contribution in [0.5, 0.6) is 17.2 Å². The summed E-state index contributed by atoms with van der Waals surface area (Å²) in [6.45, 7) is 0.133. The molecule has 0 aliphatic carbocycles. The summed E-state index contributed by atoms with van der Waals surface area (Å²) >= 11 is 7.51. The number of hydrogen-bond acceptors (Lipinski definition) is 7. The Morgan fingerprint density at radius 1 is 1.00 bits per heavy atom. The van der Waals surface area contributed by atoms with Crippen LogP contribution >= 0.6 is 22.9 Å². The van der Waals surface area contributed by atoms with E-state index in [9.17, 15) is 14.7 Å². The molecule has 1 aromatic heterocycles. The number of Topliss-reactive ketones (excluding diaryl/α,β-unsaturated/α-hetero) is 1. The zero-order valence-electron chi connectivity index (χ0n) is 18.7. The van der Waals surface area contributed by atoms with Gasteiger partial charge in [0.25, 0.3) is 11.7 Å². The van der Waals surface area contributed by atoms with Gasteiger partial charge in [-0.05, 0) is 47.3 Å². The van der Waals surface area contributed by atoms with Crippen LogP contribution in [0.15, 0.2) is 59.5 Å². The number of ether oxygens (including phenoxy) is 3. The quantitative estimate of drug-likeness (QED) is 0.278. The zero-order valence-corrected chi connectivity index (χ0v) is 20.3. The number of thiophene rings is 1. The SMILES string of the molecule is COc1cc(/C(O)=C2/C(=O)C(=O)N(Cc3ccc(OC)c(OC)c3)C2c2cccs2)ccc1Cl. The normalized spacial score (nSPS) is 17.2.